The molecule has 2 atom stereocenters. The predicted molar refractivity (Wildman–Crippen MR) is 146 cm³/mol. The lowest BCUT2D eigenvalue weighted by Gasteiger charge is -2.44. The number of unbranched alkanes of at least 4 members (excludes halogenated alkanes) is 3. The van der Waals surface area contributed by atoms with Gasteiger partial charge in [0.1, 0.15) is 23.6 Å². The van der Waals surface area contributed by atoms with E-state index in [4.69, 9.17) is 14.2 Å². The molecule has 194 valence electrons. The van der Waals surface area contributed by atoms with Crippen molar-refractivity contribution in [2.24, 2.45) is 0 Å². The van der Waals surface area contributed by atoms with E-state index in [1.165, 1.54) is 24.0 Å². The highest BCUT2D eigenvalue weighted by atomic mass is 16.6. The highest BCUT2D eigenvalue weighted by molar-refractivity contribution is 5.54. The minimum atomic E-state index is -0.458. The molecule has 0 amide bonds. The van der Waals surface area contributed by atoms with E-state index >= 15 is 0 Å². The molecule has 0 radical (unpaired) electrons. The van der Waals surface area contributed by atoms with Crippen LogP contribution in [0.25, 0.3) is 0 Å². The molecule has 2 unspecified atom stereocenters. The van der Waals surface area contributed by atoms with Crippen LogP contribution in [0.5, 0.6) is 5.75 Å². The molecule has 4 nitrogen and oxygen atoms in total. The van der Waals surface area contributed by atoms with E-state index < -0.39 is 5.60 Å². The van der Waals surface area contributed by atoms with Crippen LogP contribution in [-0.4, -0.2) is 24.9 Å². The Balaban J connectivity index is 1.78. The summed E-state index contributed by atoms with van der Waals surface area (Å²) in [6, 6.07) is 15.3. The molecule has 35 heavy (non-hydrogen) atoms. The van der Waals surface area contributed by atoms with Crippen molar-refractivity contribution < 1.29 is 14.2 Å². The van der Waals surface area contributed by atoms with Crippen LogP contribution in [0.3, 0.4) is 0 Å². The van der Waals surface area contributed by atoms with Gasteiger partial charge in [0, 0.05) is 31.0 Å². The Kier molecular flexibility index (Phi) is 9.66. The maximum Gasteiger partial charge on any atom is 0.132 e. The smallest absolute Gasteiger partial charge is 0.132 e. The number of rotatable bonds is 12. The Morgan fingerprint density at radius 1 is 0.886 bits per heavy atom. The third-order valence-corrected chi connectivity index (χ3v) is 6.81. The van der Waals surface area contributed by atoms with E-state index in [2.05, 4.69) is 96.2 Å². The quantitative estimate of drug-likeness (QED) is 0.310. The van der Waals surface area contributed by atoms with Gasteiger partial charge in [-0.3, -0.25) is 0 Å². The molecule has 1 heterocycles. The predicted octanol–water partition coefficient (Wildman–Crippen LogP) is 8.20. The Bertz CT molecular complexity index is 914. The number of ether oxygens (including phenoxy) is 3. The first kappa shape index (κ1) is 27.5. The summed E-state index contributed by atoms with van der Waals surface area (Å²) in [7, 11) is 0. The molecule has 4 heteroatoms. The molecule has 0 aromatic heterocycles. The lowest BCUT2D eigenvalue weighted by Crippen LogP contribution is -2.51. The summed E-state index contributed by atoms with van der Waals surface area (Å²) in [6.07, 6.45) is 5.28. The summed E-state index contributed by atoms with van der Waals surface area (Å²) < 4.78 is 19.4. The number of hydrogen-bond acceptors (Lipinski definition) is 4. The Morgan fingerprint density at radius 3 is 2.23 bits per heavy atom. The van der Waals surface area contributed by atoms with Crippen LogP contribution in [-0.2, 0) is 21.4 Å². The largest absolute Gasteiger partial charge is 0.485 e. The Morgan fingerprint density at radius 2 is 1.57 bits per heavy atom. The molecule has 2 aromatic carbocycles. The fraction of sp³-hybridized carbons (Fsp3) is 0.613. The van der Waals surface area contributed by atoms with Crippen molar-refractivity contribution in [3.8, 4) is 5.75 Å². The van der Waals surface area contributed by atoms with Crippen LogP contribution in [0.15, 0.2) is 42.5 Å². The molecule has 0 saturated heterocycles. The molecule has 2 aromatic rings. The summed E-state index contributed by atoms with van der Waals surface area (Å²) in [5.74, 6) is 0.894. The van der Waals surface area contributed by atoms with Gasteiger partial charge in [0.2, 0.25) is 0 Å². The van der Waals surface area contributed by atoms with Gasteiger partial charge in [-0.05, 0) is 61.4 Å². The molecule has 1 N–H and O–H groups in total. The van der Waals surface area contributed by atoms with Gasteiger partial charge in [-0.2, -0.15) is 0 Å². The third-order valence-electron chi connectivity index (χ3n) is 6.81. The SMILES string of the molecule is CCCCCOC1C(OCCCC)c2cc(NCc3ccc(C(C)(C)C)cc3)ccc2OC1(C)C. The minimum absolute atomic E-state index is 0.144. The second kappa shape index (κ2) is 12.3. The van der Waals surface area contributed by atoms with Crippen LogP contribution in [0.1, 0.15) is 103 Å². The van der Waals surface area contributed by atoms with Crippen molar-refractivity contribution in [2.75, 3.05) is 18.5 Å². The first-order valence-electron chi connectivity index (χ1n) is 13.5. The number of benzene rings is 2. The summed E-state index contributed by atoms with van der Waals surface area (Å²) in [5, 5.41) is 3.60. The molecule has 3 rings (SSSR count). The number of anilines is 1. The molecular weight excluding hydrogens is 434 g/mol. The highest BCUT2D eigenvalue weighted by Gasteiger charge is 2.45. The topological polar surface area (TPSA) is 39.7 Å². The molecule has 0 bridgehead atoms. The molecule has 0 saturated carbocycles. The summed E-state index contributed by atoms with van der Waals surface area (Å²) in [4.78, 5) is 0. The average molecular weight is 482 g/mol. The van der Waals surface area contributed by atoms with Crippen LogP contribution in [0, 0.1) is 0 Å². The van der Waals surface area contributed by atoms with Gasteiger partial charge in [-0.25, -0.2) is 0 Å². The average Bonchev–Trinajstić information content (AvgIpc) is 2.81. The fourth-order valence-corrected chi connectivity index (χ4v) is 4.55. The fourth-order valence-electron chi connectivity index (χ4n) is 4.55. The minimum Gasteiger partial charge on any atom is -0.485 e. The first-order chi connectivity index (χ1) is 16.7. The van der Waals surface area contributed by atoms with E-state index in [0.717, 1.165) is 56.0 Å². The van der Waals surface area contributed by atoms with Crippen LogP contribution in [0.2, 0.25) is 0 Å². The van der Waals surface area contributed by atoms with Gasteiger partial charge >= 0.3 is 0 Å². The van der Waals surface area contributed by atoms with Crippen molar-refractivity contribution in [2.45, 2.75) is 110 Å². The van der Waals surface area contributed by atoms with Gasteiger partial charge in [0.15, 0.2) is 0 Å². The summed E-state index contributed by atoms with van der Waals surface area (Å²) >= 11 is 0. The molecule has 0 fully saturated rings. The molecule has 1 aliphatic heterocycles. The van der Waals surface area contributed by atoms with Crippen LogP contribution >= 0.6 is 0 Å². The standard InChI is InChI=1S/C31H47NO3/c1-8-10-12-20-34-29-28(33-19-11-9-2)26-21-25(17-18-27(26)35-31(29,6)7)32-22-23-13-15-24(16-14-23)30(3,4)5/h13-18,21,28-29,32H,8-12,19-20,22H2,1-7H3. The normalized spacial score (nSPS) is 19.2. The van der Waals surface area contributed by atoms with Gasteiger partial charge in [0.25, 0.3) is 0 Å². The maximum atomic E-state index is 6.49. The van der Waals surface area contributed by atoms with E-state index in [9.17, 15) is 0 Å². The lowest BCUT2D eigenvalue weighted by molar-refractivity contribution is -0.163. The van der Waals surface area contributed by atoms with Gasteiger partial charge in [-0.15, -0.1) is 0 Å². The lowest BCUT2D eigenvalue weighted by atomic mass is 9.87. The van der Waals surface area contributed by atoms with Gasteiger partial charge in [0.05, 0.1) is 0 Å². The van der Waals surface area contributed by atoms with E-state index in [0.29, 0.717) is 0 Å². The van der Waals surface area contributed by atoms with Crippen molar-refractivity contribution >= 4 is 5.69 Å². The second-order valence-corrected chi connectivity index (χ2v) is 11.4. The number of fused-ring (bicyclic) bond motifs is 1. The number of hydrogen-bond donors (Lipinski definition) is 1. The second-order valence-electron chi connectivity index (χ2n) is 11.4. The highest BCUT2D eigenvalue weighted by Crippen LogP contribution is 2.44. The van der Waals surface area contributed by atoms with E-state index in [-0.39, 0.29) is 17.6 Å². The van der Waals surface area contributed by atoms with Crippen molar-refractivity contribution in [3.05, 3.63) is 59.2 Å². The zero-order valence-electron chi connectivity index (χ0n) is 23.1. The van der Waals surface area contributed by atoms with Gasteiger partial charge in [-0.1, -0.05) is 78.1 Å². The zero-order chi connectivity index (χ0) is 25.5. The number of nitrogens with one attached hydrogen (secondary N) is 1. The van der Waals surface area contributed by atoms with E-state index in [1.54, 1.807) is 0 Å². The van der Waals surface area contributed by atoms with E-state index in [1.807, 2.05) is 0 Å². The summed E-state index contributed by atoms with van der Waals surface area (Å²) in [6.45, 7) is 17.6. The molecule has 0 aliphatic carbocycles. The zero-order valence-corrected chi connectivity index (χ0v) is 23.1. The van der Waals surface area contributed by atoms with Gasteiger partial charge < -0.3 is 19.5 Å². The molecular formula is C31H47NO3. The molecule has 0 spiro atoms. The monoisotopic (exact) mass is 481 g/mol. The van der Waals surface area contributed by atoms with Crippen LogP contribution in [0.4, 0.5) is 5.69 Å². The van der Waals surface area contributed by atoms with Crippen molar-refractivity contribution in [1.29, 1.82) is 0 Å². The third kappa shape index (κ3) is 7.47. The van der Waals surface area contributed by atoms with Crippen molar-refractivity contribution in [3.63, 3.8) is 0 Å². The maximum absolute atomic E-state index is 6.49. The Hall–Kier alpha value is -2.04. The Labute approximate surface area is 213 Å². The first-order valence-corrected chi connectivity index (χ1v) is 13.5. The molecule has 1 aliphatic rings. The van der Waals surface area contributed by atoms with Crippen LogP contribution < -0.4 is 10.1 Å². The van der Waals surface area contributed by atoms with Crippen molar-refractivity contribution in [1.82, 2.24) is 0 Å². The summed E-state index contributed by atoms with van der Waals surface area (Å²) in [5.41, 5.74) is 4.47.